The number of nitrogens with two attached hydrogens (primary N) is 1. The summed E-state index contributed by atoms with van der Waals surface area (Å²) in [5, 5.41) is 3.71. The molecule has 1 aliphatic carbocycles. The molecule has 0 spiro atoms. The minimum Gasteiger partial charge on any atom is -0.329 e. The van der Waals surface area contributed by atoms with E-state index >= 15 is 0 Å². The van der Waals surface area contributed by atoms with Gasteiger partial charge in [-0.15, -0.1) is 0 Å². The third-order valence-corrected chi connectivity index (χ3v) is 8.09. The summed E-state index contributed by atoms with van der Waals surface area (Å²) >= 11 is 0. The fourth-order valence-electron chi connectivity index (χ4n) is 6.22. The Morgan fingerprint density at radius 2 is 1.37 bits per heavy atom. The van der Waals surface area contributed by atoms with Gasteiger partial charge < -0.3 is 14.9 Å². The van der Waals surface area contributed by atoms with Crippen LogP contribution in [0.4, 0.5) is 5.69 Å². The van der Waals surface area contributed by atoms with Crippen LogP contribution in [0.25, 0.3) is 50.2 Å². The number of aliphatic imine (C=N–C) groups is 1. The lowest BCUT2D eigenvalue weighted by molar-refractivity contribution is 0.854. The molecule has 6 aromatic rings. The zero-order valence-corrected chi connectivity index (χ0v) is 22.9. The fourth-order valence-corrected chi connectivity index (χ4v) is 6.22. The second-order valence-electron chi connectivity index (χ2n) is 10.5. The van der Waals surface area contributed by atoms with Crippen molar-refractivity contribution in [2.24, 2.45) is 16.6 Å². The minimum atomic E-state index is -0.153. The van der Waals surface area contributed by atoms with Crippen molar-refractivity contribution in [1.82, 2.24) is 9.13 Å². The summed E-state index contributed by atoms with van der Waals surface area (Å²) in [7, 11) is 0. The monoisotopic (exact) mass is 532 g/mol. The van der Waals surface area contributed by atoms with Gasteiger partial charge in [0.15, 0.2) is 0 Å². The number of aryl methyl sites for hydroxylation is 1. The van der Waals surface area contributed by atoms with E-state index in [2.05, 4.69) is 107 Å². The average Bonchev–Trinajstić information content (AvgIpc) is 3.54. The molecule has 0 bridgehead atoms. The molecule has 4 nitrogen and oxygen atoms in total. The Kier molecular flexibility index (Phi) is 6.46. The van der Waals surface area contributed by atoms with Crippen molar-refractivity contribution in [3.05, 3.63) is 133 Å². The number of rotatable bonds is 7. The van der Waals surface area contributed by atoms with Gasteiger partial charge in [0, 0.05) is 51.9 Å². The lowest BCUT2D eigenvalue weighted by Crippen LogP contribution is -2.21. The molecule has 0 radical (unpaired) electrons. The van der Waals surface area contributed by atoms with Crippen LogP contribution in [0.1, 0.15) is 17.7 Å². The lowest BCUT2D eigenvalue weighted by Gasteiger charge is -2.21. The molecule has 1 atom stereocenters. The molecular formula is C37H32N4. The van der Waals surface area contributed by atoms with E-state index in [-0.39, 0.29) is 5.92 Å². The fraction of sp³-hybridized carbons (Fsp3) is 0.108. The quantitative estimate of drug-likeness (QED) is 0.162. The summed E-state index contributed by atoms with van der Waals surface area (Å²) in [6, 6.07) is 35.8. The van der Waals surface area contributed by atoms with Crippen LogP contribution < -0.4 is 5.73 Å². The molecule has 2 N–H and O–H groups in total. The molecule has 4 aromatic carbocycles. The minimum absolute atomic E-state index is 0.153. The molecule has 0 amide bonds. The molecule has 0 saturated heterocycles. The highest BCUT2D eigenvalue weighted by Gasteiger charge is 2.22. The van der Waals surface area contributed by atoms with Crippen LogP contribution in [0.3, 0.4) is 0 Å². The van der Waals surface area contributed by atoms with Crippen LogP contribution in [0, 0.1) is 5.92 Å². The van der Waals surface area contributed by atoms with Crippen molar-refractivity contribution >= 4 is 62.1 Å². The predicted octanol–water partition coefficient (Wildman–Crippen LogP) is 8.70. The van der Waals surface area contributed by atoms with E-state index in [9.17, 15) is 0 Å². The van der Waals surface area contributed by atoms with E-state index in [1.165, 1.54) is 32.9 Å². The molecule has 2 heterocycles. The van der Waals surface area contributed by atoms with Crippen molar-refractivity contribution in [1.29, 1.82) is 0 Å². The van der Waals surface area contributed by atoms with E-state index in [4.69, 9.17) is 10.7 Å². The van der Waals surface area contributed by atoms with Crippen LogP contribution in [0.2, 0.25) is 0 Å². The number of allylic oxidation sites excluding steroid dienone is 3. The van der Waals surface area contributed by atoms with Gasteiger partial charge in [-0.25, -0.2) is 0 Å². The normalized spacial score (nSPS) is 14.3. The topological polar surface area (TPSA) is 48.2 Å². The van der Waals surface area contributed by atoms with Crippen molar-refractivity contribution in [3.63, 3.8) is 0 Å². The number of hydrogen-bond donors (Lipinski definition) is 1. The highest BCUT2D eigenvalue weighted by molar-refractivity contribution is 6.11. The van der Waals surface area contributed by atoms with Gasteiger partial charge >= 0.3 is 0 Å². The first-order valence-electron chi connectivity index (χ1n) is 14.2. The van der Waals surface area contributed by atoms with Crippen LogP contribution in [0.5, 0.6) is 0 Å². The van der Waals surface area contributed by atoms with Gasteiger partial charge in [-0.2, -0.15) is 0 Å². The van der Waals surface area contributed by atoms with E-state index in [1.807, 2.05) is 36.5 Å². The molecule has 2 aromatic heterocycles. The second-order valence-corrected chi connectivity index (χ2v) is 10.5. The zero-order chi connectivity index (χ0) is 27.8. The van der Waals surface area contributed by atoms with Crippen LogP contribution in [-0.4, -0.2) is 21.9 Å². The largest absolute Gasteiger partial charge is 0.329 e. The van der Waals surface area contributed by atoms with Crippen molar-refractivity contribution in [2.45, 2.75) is 12.8 Å². The molecular weight excluding hydrogens is 500 g/mol. The van der Waals surface area contributed by atoms with Crippen molar-refractivity contribution in [2.75, 3.05) is 6.54 Å². The van der Waals surface area contributed by atoms with Gasteiger partial charge in [0.2, 0.25) is 0 Å². The van der Waals surface area contributed by atoms with E-state index < -0.39 is 0 Å². The average molecular weight is 533 g/mol. The van der Waals surface area contributed by atoms with Gasteiger partial charge in [0.25, 0.3) is 0 Å². The molecule has 1 unspecified atom stereocenters. The molecule has 0 fully saturated rings. The van der Waals surface area contributed by atoms with Gasteiger partial charge in [-0.1, -0.05) is 85.5 Å². The maximum atomic E-state index is 6.53. The summed E-state index contributed by atoms with van der Waals surface area (Å²) < 4.78 is 4.65. The van der Waals surface area contributed by atoms with Crippen LogP contribution in [-0.2, 0) is 6.42 Å². The van der Waals surface area contributed by atoms with E-state index in [0.29, 0.717) is 6.54 Å². The molecule has 1 aliphatic rings. The third kappa shape index (κ3) is 4.33. The molecule has 200 valence electrons. The highest BCUT2D eigenvalue weighted by Crippen LogP contribution is 2.37. The maximum absolute atomic E-state index is 6.53. The Hall–Kier alpha value is -4.93. The summed E-state index contributed by atoms with van der Waals surface area (Å²) in [5.74, 6) is -0.153. The summed E-state index contributed by atoms with van der Waals surface area (Å²) in [6.45, 7) is 5.06. The first kappa shape index (κ1) is 25.1. The van der Waals surface area contributed by atoms with Crippen LogP contribution >= 0.6 is 0 Å². The lowest BCUT2D eigenvalue weighted by atomic mass is 10.0. The Bertz CT molecular complexity index is 1950. The smallest absolute Gasteiger partial charge is 0.0625 e. The van der Waals surface area contributed by atoms with Gasteiger partial charge in [-0.05, 0) is 60.9 Å². The zero-order valence-electron chi connectivity index (χ0n) is 22.9. The van der Waals surface area contributed by atoms with Gasteiger partial charge in [0.1, 0.15) is 0 Å². The summed E-state index contributed by atoms with van der Waals surface area (Å²) in [5.41, 5.74) is 15.4. The van der Waals surface area contributed by atoms with Crippen molar-refractivity contribution < 1.29 is 0 Å². The van der Waals surface area contributed by atoms with Crippen molar-refractivity contribution in [3.8, 4) is 0 Å². The first-order chi connectivity index (χ1) is 20.2. The maximum Gasteiger partial charge on any atom is 0.0625 e. The highest BCUT2D eigenvalue weighted by atomic mass is 15.0. The third-order valence-electron chi connectivity index (χ3n) is 8.09. The molecule has 4 heteroatoms. The Morgan fingerprint density at radius 3 is 2.02 bits per heavy atom. The first-order valence-corrected chi connectivity index (χ1v) is 14.2. The molecule has 41 heavy (non-hydrogen) atoms. The Morgan fingerprint density at radius 1 is 0.780 bits per heavy atom. The number of nitrogens with zero attached hydrogens (tertiary/aromatic N) is 3. The number of aromatic nitrogens is 2. The second kappa shape index (κ2) is 10.6. The Labute approximate surface area is 240 Å². The summed E-state index contributed by atoms with van der Waals surface area (Å²) in [4.78, 5) is 4.85. The van der Waals surface area contributed by atoms with E-state index in [0.717, 1.165) is 41.0 Å². The number of fused-ring (bicyclic) bond motifs is 6. The van der Waals surface area contributed by atoms with Crippen LogP contribution in [0.15, 0.2) is 127 Å². The Balaban J connectivity index is 1.47. The molecule has 0 aliphatic heterocycles. The molecule has 7 rings (SSSR count). The SMILES string of the molecule is C=C(/C=C(\C(/C=N/c1ccccc1)CN)n1c2ccccc2c2ccccc21)n1c2c(c3ccccc31)CCC=C2. The standard InChI is InChI=1S/C37H32N4/c1-26(40-33-19-9-5-15-29(33)30-16-6-10-20-34(30)40)23-37(27(24-38)25-39-28-13-3-2-4-14-28)41-35-21-11-7-17-31(35)32-18-8-12-22-36(32)41/h2-5,7-15,17-23,25,27H,1,6,16,24,38H2/b37-23+,39-25+. The number of hydrogen-bond acceptors (Lipinski definition) is 2. The van der Waals surface area contributed by atoms with E-state index in [1.54, 1.807) is 0 Å². The van der Waals surface area contributed by atoms with Gasteiger partial charge in [0.05, 0.1) is 22.2 Å². The summed E-state index contributed by atoms with van der Waals surface area (Å²) in [6.07, 6.45) is 10.8. The predicted molar refractivity (Wildman–Crippen MR) is 175 cm³/mol. The number of para-hydroxylation sites is 4. The number of benzene rings is 4. The molecule has 0 saturated carbocycles. The van der Waals surface area contributed by atoms with Gasteiger partial charge in [-0.3, -0.25) is 4.99 Å².